The number of fused-ring (bicyclic) bond motifs is 12. The number of rotatable bonds is 6. The van der Waals surface area contributed by atoms with Crippen molar-refractivity contribution in [2.45, 2.75) is 7.43 Å². The molecule has 0 aliphatic rings. The predicted molar refractivity (Wildman–Crippen MR) is 455 cm³/mol. The van der Waals surface area contributed by atoms with E-state index in [4.69, 9.17) is 0 Å². The van der Waals surface area contributed by atoms with E-state index < -0.39 is 0 Å². The zero-order valence-electron chi connectivity index (χ0n) is 60.0. The molecule has 21 aromatic rings. The van der Waals surface area contributed by atoms with Crippen molar-refractivity contribution in [2.24, 2.45) is 0 Å². The molecule has 0 bridgehead atoms. The molecule has 0 unspecified atom stereocenters. The fourth-order valence-corrected chi connectivity index (χ4v) is 14.2. The number of benzene rings is 15. The Morgan fingerprint density at radius 1 is 0.189 bits per heavy atom. The van der Waals surface area contributed by atoms with Gasteiger partial charge in [-0.05, 0) is 161 Å². The van der Waals surface area contributed by atoms with E-state index in [9.17, 15) is 0 Å². The van der Waals surface area contributed by atoms with Crippen LogP contribution in [0.25, 0.3) is 164 Å². The van der Waals surface area contributed by atoms with Crippen LogP contribution < -0.4 is 19.9 Å². The van der Waals surface area contributed by atoms with Gasteiger partial charge in [-0.2, -0.15) is 0 Å². The van der Waals surface area contributed by atoms with Gasteiger partial charge in [0.05, 0.1) is 21.5 Å². The van der Waals surface area contributed by atoms with Crippen LogP contribution in [-0.4, -0.2) is 9.97 Å². The number of H-pyrrole nitrogens is 4. The molecule has 8 heteroatoms. The van der Waals surface area contributed by atoms with Gasteiger partial charge in [-0.3, -0.25) is 0 Å². The number of pyridine rings is 6. The molecular weight excluding hydrogens is 1710 g/mol. The molecule has 0 amide bonds. The third kappa shape index (κ3) is 17.4. The van der Waals surface area contributed by atoms with Gasteiger partial charge in [0.2, 0.25) is 22.8 Å². The van der Waals surface area contributed by atoms with Crippen molar-refractivity contribution < 1.29 is 60.1 Å². The summed E-state index contributed by atoms with van der Waals surface area (Å²) in [6, 6.07) is 140. The van der Waals surface area contributed by atoms with Crippen LogP contribution in [0.4, 0.5) is 0 Å². The van der Waals surface area contributed by atoms with Gasteiger partial charge < -0.3 is 9.97 Å². The van der Waals surface area contributed by atoms with Crippen molar-refractivity contribution >= 4 is 97.0 Å². The van der Waals surface area contributed by atoms with Crippen molar-refractivity contribution in [3.05, 3.63) is 438 Å². The van der Waals surface area contributed by atoms with Crippen LogP contribution in [-0.2, 0) is 40.2 Å². The molecule has 4 N–H and O–H groups in total. The van der Waals surface area contributed by atoms with Crippen LogP contribution in [0.3, 0.4) is 0 Å². The number of aromatic amines is 4. The first-order valence-electron chi connectivity index (χ1n) is 36.3. The largest absolute Gasteiger partial charge is 0.304 e. The topological polar surface area (TPSA) is 82.3 Å². The summed E-state index contributed by atoms with van der Waals surface area (Å²) < 4.78 is 0. The van der Waals surface area contributed by atoms with Crippen LogP contribution in [0.1, 0.15) is 7.43 Å². The second kappa shape index (κ2) is 37.1. The van der Waals surface area contributed by atoms with Crippen LogP contribution in [0.5, 0.6) is 0 Å². The molecule has 0 spiro atoms. The summed E-state index contributed by atoms with van der Waals surface area (Å²) in [6.45, 7) is 0. The Balaban J connectivity index is 0.000000117. The average molecular weight is 1780 g/mol. The minimum Gasteiger partial charge on any atom is -0.304 e. The van der Waals surface area contributed by atoms with Gasteiger partial charge in [0.25, 0.3) is 0 Å². The fraction of sp³-hybridized carbons (Fsp3) is 0.00971. The molecule has 21 rings (SSSR count). The van der Waals surface area contributed by atoms with E-state index >= 15 is 0 Å². The van der Waals surface area contributed by atoms with E-state index in [-0.39, 0.29) is 47.6 Å². The maximum Gasteiger partial charge on any atom is 0.218 e. The molecule has 6 nitrogen and oxygen atoms in total. The Bertz CT molecular complexity index is 5960. The zero-order chi connectivity index (χ0) is 72.5. The van der Waals surface area contributed by atoms with Crippen molar-refractivity contribution in [2.75, 3.05) is 0 Å². The first-order valence-corrected chi connectivity index (χ1v) is 36.3. The molecular formula is C103H78Ir2N6+2. The Labute approximate surface area is 674 Å². The van der Waals surface area contributed by atoms with Crippen molar-refractivity contribution in [1.29, 1.82) is 0 Å². The summed E-state index contributed by atoms with van der Waals surface area (Å²) in [5, 5.41) is 22.7. The summed E-state index contributed by atoms with van der Waals surface area (Å²) >= 11 is 0. The normalized spacial score (nSPS) is 10.5. The summed E-state index contributed by atoms with van der Waals surface area (Å²) in [6.07, 6.45) is 11.8. The van der Waals surface area contributed by atoms with E-state index in [2.05, 4.69) is 345 Å². The van der Waals surface area contributed by atoms with Crippen molar-refractivity contribution in [1.82, 2.24) is 9.97 Å². The Morgan fingerprint density at radius 2 is 0.459 bits per heavy atom. The Kier molecular flexibility index (Phi) is 25.4. The monoisotopic (exact) mass is 1780 g/mol. The second-order valence-corrected chi connectivity index (χ2v) is 26.0. The molecule has 2 radical (unpaired) electrons. The molecule has 15 aromatic carbocycles. The molecule has 536 valence electrons. The van der Waals surface area contributed by atoms with Crippen LogP contribution in [0.15, 0.2) is 425 Å². The smallest absolute Gasteiger partial charge is 0.218 e. The van der Waals surface area contributed by atoms with E-state index in [0.29, 0.717) is 0 Å². The molecule has 6 heterocycles. The molecule has 0 atom stereocenters. The number of nitrogens with zero attached hydrogens (tertiary/aromatic N) is 2. The number of hydrogen-bond acceptors (Lipinski definition) is 2. The van der Waals surface area contributed by atoms with Crippen LogP contribution in [0.2, 0.25) is 0 Å². The van der Waals surface area contributed by atoms with E-state index in [0.717, 1.165) is 22.5 Å². The van der Waals surface area contributed by atoms with Crippen LogP contribution >= 0.6 is 0 Å². The maximum atomic E-state index is 4.55. The molecule has 111 heavy (non-hydrogen) atoms. The first-order chi connectivity index (χ1) is 53.6. The molecule has 0 saturated heterocycles. The quantitative estimate of drug-likeness (QED) is 0.123. The maximum absolute atomic E-state index is 4.55. The van der Waals surface area contributed by atoms with Crippen molar-refractivity contribution in [3.8, 4) is 67.5 Å². The van der Waals surface area contributed by atoms with E-state index in [1.807, 2.05) is 122 Å². The van der Waals surface area contributed by atoms with Gasteiger partial charge >= 0.3 is 0 Å². The molecule has 0 fully saturated rings. The minimum atomic E-state index is 0. The number of hydrogen-bond donors (Lipinski definition) is 0. The van der Waals surface area contributed by atoms with Crippen molar-refractivity contribution in [3.63, 3.8) is 0 Å². The Hall–Kier alpha value is -13.2. The molecule has 6 aromatic heterocycles. The number of aromatic nitrogens is 6. The zero-order valence-corrected chi connectivity index (χ0v) is 64.8. The summed E-state index contributed by atoms with van der Waals surface area (Å²) in [5.74, 6) is 0. The SMILES string of the molecule is C.[Ir].[Ir].[c-]1ccccc1-c1nccc2c1ccc1ccccc12.[c-]1ccccc1-c1nccc2ccccc12.c1ccc(-c2[nH+]ccc3c2ccc2ccccc23)cc1.c1ccc(-c2[nH+]ccc3c2ccc2ccccc23)cc1.c1ccc(-c2[nH+]ccc3ccccc23)cc1.c1ccc(-c2[nH+]ccc3ccccc23)cc1. The number of nitrogens with one attached hydrogen (secondary N) is 4. The molecule has 0 saturated carbocycles. The van der Waals surface area contributed by atoms with Gasteiger partial charge in [0.1, 0.15) is 0 Å². The Morgan fingerprint density at radius 3 is 0.829 bits per heavy atom. The third-order valence-corrected chi connectivity index (χ3v) is 19.4. The van der Waals surface area contributed by atoms with Gasteiger partial charge in [-0.1, -0.05) is 238 Å². The first kappa shape index (κ1) is 76.0. The van der Waals surface area contributed by atoms with E-state index in [1.165, 1.54) is 142 Å². The molecule has 0 aliphatic carbocycles. The predicted octanol–water partition coefficient (Wildman–Crippen LogP) is 24.8. The fourth-order valence-electron chi connectivity index (χ4n) is 14.2. The summed E-state index contributed by atoms with van der Waals surface area (Å²) in [5.41, 5.74) is 13.7. The third-order valence-electron chi connectivity index (χ3n) is 19.4. The average Bonchev–Trinajstić information content (AvgIpc) is 0.782. The van der Waals surface area contributed by atoms with Gasteiger partial charge in [0.15, 0.2) is 24.8 Å². The van der Waals surface area contributed by atoms with Gasteiger partial charge in [-0.25, -0.2) is 19.9 Å². The van der Waals surface area contributed by atoms with E-state index in [1.54, 1.807) is 0 Å². The van der Waals surface area contributed by atoms with Crippen LogP contribution in [0, 0.1) is 12.1 Å². The second-order valence-electron chi connectivity index (χ2n) is 26.0. The summed E-state index contributed by atoms with van der Waals surface area (Å²) in [7, 11) is 0. The van der Waals surface area contributed by atoms with Gasteiger partial charge in [-0.15, -0.1) is 71.8 Å². The minimum absolute atomic E-state index is 0. The standard InChI is InChI=1S/2C19H13N.C19H12N.2C15H11N.C15H10N.CH4.2Ir/c3*1-2-7-15(8-3-1)19-18-11-10-14-6-4-5-9-16(14)17(18)12-13-20-19;3*1-2-7-13(8-3-1)15-14-9-5-4-6-12(14)10-11-16-15;;;/h2*1-13H;1-7,9-13H;2*1-11H;1-7,9-11H;1H4;;/q;;-1;;;-1;;;/p+4. The summed E-state index contributed by atoms with van der Waals surface area (Å²) in [4.78, 5) is 22.4. The van der Waals surface area contributed by atoms with Gasteiger partial charge in [0, 0.05) is 110 Å². The molecule has 0 aliphatic heterocycles.